The van der Waals surface area contributed by atoms with Crippen LogP contribution in [0.1, 0.15) is 10.4 Å². The van der Waals surface area contributed by atoms with E-state index < -0.39 is 0 Å². The lowest BCUT2D eigenvalue weighted by Gasteiger charge is -1.91. The van der Waals surface area contributed by atoms with Gasteiger partial charge in [0.2, 0.25) is 0 Å². The Kier molecular flexibility index (Phi) is 1.25. The fraction of sp³-hybridized carbons (Fsp3) is 0. The van der Waals surface area contributed by atoms with E-state index in [2.05, 4.69) is 0 Å². The van der Waals surface area contributed by atoms with Crippen molar-refractivity contribution in [1.29, 1.82) is 0 Å². The Balaban J connectivity index is 2.69. The van der Waals surface area contributed by atoms with Crippen molar-refractivity contribution in [3.8, 4) is 11.1 Å². The molecule has 0 unspecified atom stereocenters. The van der Waals surface area contributed by atoms with Crippen molar-refractivity contribution in [2.24, 2.45) is 0 Å². The third-order valence-electron chi connectivity index (χ3n) is 1.63. The zero-order chi connectivity index (χ0) is 7.68. The van der Waals surface area contributed by atoms with Crippen molar-refractivity contribution < 1.29 is 9.21 Å². The molecule has 0 amide bonds. The van der Waals surface area contributed by atoms with Crippen LogP contribution in [-0.2, 0) is 0 Å². The summed E-state index contributed by atoms with van der Waals surface area (Å²) in [5.41, 5.74) is 2.70. The summed E-state index contributed by atoms with van der Waals surface area (Å²) < 4.78 is 4.93. The molecule has 54 valence electrons. The molecule has 0 N–H and O–H groups in total. The summed E-state index contributed by atoms with van der Waals surface area (Å²) in [7, 11) is 0. The zero-order valence-corrected chi connectivity index (χ0v) is 5.78. The lowest BCUT2D eigenvalue weighted by molar-refractivity contribution is 0.112. The molecule has 0 aromatic carbocycles. The van der Waals surface area contributed by atoms with Crippen molar-refractivity contribution in [3.05, 3.63) is 36.3 Å². The summed E-state index contributed by atoms with van der Waals surface area (Å²) in [6.07, 6.45) is 4.05. The van der Waals surface area contributed by atoms with Crippen LogP contribution in [0.15, 0.2) is 35.1 Å². The lowest BCUT2D eigenvalue weighted by atomic mass is 10.2. The van der Waals surface area contributed by atoms with E-state index >= 15 is 0 Å². The number of rotatable bonds is 1. The normalized spacial score (nSPS) is 10.2. The molecule has 0 aromatic heterocycles. The van der Waals surface area contributed by atoms with Crippen molar-refractivity contribution in [3.63, 3.8) is 0 Å². The molecular weight excluding hydrogens is 140 g/mol. The summed E-state index contributed by atoms with van der Waals surface area (Å²) in [5.74, 6) is 0. The first-order valence-corrected chi connectivity index (χ1v) is 3.31. The Hall–Kier alpha value is -1.57. The molecule has 0 aromatic rings. The highest BCUT2D eigenvalue weighted by molar-refractivity contribution is 5.83. The number of hydrogen-bond donors (Lipinski definition) is 0. The van der Waals surface area contributed by atoms with Gasteiger partial charge in [0.05, 0.1) is 12.5 Å². The molecule has 0 fully saturated rings. The molecule has 0 spiro atoms. The van der Waals surface area contributed by atoms with E-state index in [-0.39, 0.29) is 0 Å². The summed E-state index contributed by atoms with van der Waals surface area (Å²) in [6, 6.07) is 5.46. The first kappa shape index (κ1) is 6.16. The van der Waals surface area contributed by atoms with Crippen LogP contribution < -0.4 is 0 Å². The smallest absolute Gasteiger partial charge is 0.150 e. The van der Waals surface area contributed by atoms with E-state index in [1.165, 1.54) is 0 Å². The van der Waals surface area contributed by atoms with Gasteiger partial charge in [0, 0.05) is 11.1 Å². The van der Waals surface area contributed by atoms with E-state index in [1.54, 1.807) is 18.6 Å². The van der Waals surface area contributed by atoms with Gasteiger partial charge in [0.15, 0.2) is 0 Å². The fourth-order valence-electron chi connectivity index (χ4n) is 1.11. The predicted molar refractivity (Wildman–Crippen MR) is 40.7 cm³/mol. The molecule has 0 atom stereocenters. The van der Waals surface area contributed by atoms with Crippen molar-refractivity contribution in [2.75, 3.05) is 0 Å². The monoisotopic (exact) mass is 146 g/mol. The van der Waals surface area contributed by atoms with Crippen LogP contribution in [0.2, 0.25) is 0 Å². The molecule has 11 heavy (non-hydrogen) atoms. The molecule has 2 nitrogen and oxygen atoms in total. The van der Waals surface area contributed by atoms with Gasteiger partial charge in [-0.05, 0) is 23.8 Å². The van der Waals surface area contributed by atoms with Gasteiger partial charge in [-0.25, -0.2) is 0 Å². The highest BCUT2D eigenvalue weighted by Crippen LogP contribution is 2.24. The Labute approximate surface area is 63.8 Å². The minimum absolute atomic E-state index is 0.696. The minimum Gasteiger partial charge on any atom is -0.472 e. The molecule has 2 rings (SSSR count). The van der Waals surface area contributed by atoms with Gasteiger partial charge in [-0.3, -0.25) is 4.79 Å². The van der Waals surface area contributed by atoms with Gasteiger partial charge in [-0.1, -0.05) is 0 Å². The largest absolute Gasteiger partial charge is 0.472 e. The van der Waals surface area contributed by atoms with Gasteiger partial charge < -0.3 is 4.42 Å². The summed E-state index contributed by atoms with van der Waals surface area (Å²) in [4.78, 5) is 10.3. The second-order valence-electron chi connectivity index (χ2n) is 2.37. The zero-order valence-electron chi connectivity index (χ0n) is 5.78. The molecule has 0 bridgehead atoms. The Morgan fingerprint density at radius 1 is 1.27 bits per heavy atom. The van der Waals surface area contributed by atoms with Crippen LogP contribution in [0.25, 0.3) is 11.1 Å². The number of carbonyl (C=O) groups is 1. The summed E-state index contributed by atoms with van der Waals surface area (Å²) in [6.45, 7) is 0. The first-order chi connectivity index (χ1) is 5.40. The second-order valence-corrected chi connectivity index (χ2v) is 2.37. The van der Waals surface area contributed by atoms with Crippen LogP contribution in [0, 0.1) is 0 Å². The maximum absolute atomic E-state index is 10.3. The molecule has 0 saturated carbocycles. The molecule has 1 aliphatic heterocycles. The standard InChI is InChI=1S/C9H6O2/c10-5-7-3-8-1-2-11-6-9(8)4-7/h1-6H. The fourth-order valence-corrected chi connectivity index (χ4v) is 1.11. The third-order valence-corrected chi connectivity index (χ3v) is 1.63. The Morgan fingerprint density at radius 3 is 2.82 bits per heavy atom. The molecule has 0 radical (unpaired) electrons. The SMILES string of the molecule is O=Cc1cc2ccocc-2c1. The second kappa shape index (κ2) is 2.23. The number of aldehydes is 1. The van der Waals surface area contributed by atoms with Crippen LogP contribution in [0.4, 0.5) is 0 Å². The van der Waals surface area contributed by atoms with E-state index in [4.69, 9.17) is 4.42 Å². The topological polar surface area (TPSA) is 30.2 Å². The van der Waals surface area contributed by atoms with E-state index in [0.717, 1.165) is 17.4 Å². The van der Waals surface area contributed by atoms with Gasteiger partial charge in [-0.2, -0.15) is 0 Å². The first-order valence-electron chi connectivity index (χ1n) is 3.31. The third kappa shape index (κ3) is 0.923. The van der Waals surface area contributed by atoms with E-state index in [1.807, 2.05) is 12.1 Å². The van der Waals surface area contributed by atoms with E-state index in [0.29, 0.717) is 5.56 Å². The van der Waals surface area contributed by atoms with Crippen LogP contribution in [-0.4, -0.2) is 6.29 Å². The maximum Gasteiger partial charge on any atom is 0.150 e. The lowest BCUT2D eigenvalue weighted by Crippen LogP contribution is -1.67. The minimum atomic E-state index is 0.696. The summed E-state index contributed by atoms with van der Waals surface area (Å²) >= 11 is 0. The Morgan fingerprint density at radius 2 is 2.09 bits per heavy atom. The van der Waals surface area contributed by atoms with Crippen LogP contribution >= 0.6 is 0 Å². The van der Waals surface area contributed by atoms with Crippen molar-refractivity contribution in [2.45, 2.75) is 0 Å². The predicted octanol–water partition coefficient (Wildman–Crippen LogP) is 2.20. The quantitative estimate of drug-likeness (QED) is 0.577. The van der Waals surface area contributed by atoms with Crippen molar-refractivity contribution >= 4 is 6.29 Å². The molecule has 1 aliphatic carbocycles. The van der Waals surface area contributed by atoms with E-state index in [9.17, 15) is 4.79 Å². The maximum atomic E-state index is 10.3. The average Bonchev–Trinajstić information content (AvgIpc) is 2.46. The highest BCUT2D eigenvalue weighted by atomic mass is 16.3. The molecule has 2 heteroatoms. The van der Waals surface area contributed by atoms with Gasteiger partial charge in [-0.15, -0.1) is 0 Å². The molecule has 2 aliphatic rings. The average molecular weight is 146 g/mol. The van der Waals surface area contributed by atoms with Crippen LogP contribution in [0.3, 0.4) is 0 Å². The van der Waals surface area contributed by atoms with Gasteiger partial charge >= 0.3 is 0 Å². The van der Waals surface area contributed by atoms with Gasteiger partial charge in [0.25, 0.3) is 0 Å². The number of carbonyl (C=O) groups excluding carboxylic acids is 1. The molecule has 0 saturated heterocycles. The molecular formula is C9H6O2. The highest BCUT2D eigenvalue weighted by Gasteiger charge is 2.04. The van der Waals surface area contributed by atoms with Crippen LogP contribution in [0.5, 0.6) is 0 Å². The number of hydrogen-bond acceptors (Lipinski definition) is 2. The molecule has 1 heterocycles. The van der Waals surface area contributed by atoms with Gasteiger partial charge in [0.1, 0.15) is 6.29 Å². The Bertz CT molecular complexity index is 319. The number of fused-ring (bicyclic) bond motifs is 1. The van der Waals surface area contributed by atoms with Crippen molar-refractivity contribution in [1.82, 2.24) is 0 Å². The summed E-state index contributed by atoms with van der Waals surface area (Å²) in [5, 5.41) is 0.